The van der Waals surface area contributed by atoms with Gasteiger partial charge in [-0.05, 0) is 48.7 Å². The minimum atomic E-state index is -0.322. The average molecular weight is 257 g/mol. The summed E-state index contributed by atoms with van der Waals surface area (Å²) in [6.45, 7) is 3.96. The predicted octanol–water partition coefficient (Wildman–Crippen LogP) is 3.62. The highest BCUT2D eigenvalue weighted by Gasteiger charge is 2.07. The maximum absolute atomic E-state index is 13.0. The molecule has 3 heteroatoms. The van der Waals surface area contributed by atoms with Crippen molar-refractivity contribution < 1.29 is 9.18 Å². The van der Waals surface area contributed by atoms with E-state index in [2.05, 4.69) is 5.32 Å². The maximum atomic E-state index is 13.0. The number of aryl methyl sites for hydroxylation is 1. The molecule has 0 aliphatic carbocycles. The molecule has 0 unspecified atom stereocenters. The summed E-state index contributed by atoms with van der Waals surface area (Å²) in [5, 5.41) is 2.86. The molecule has 2 aromatic carbocycles. The molecule has 0 heterocycles. The third kappa shape index (κ3) is 3.41. The van der Waals surface area contributed by atoms with E-state index in [9.17, 15) is 9.18 Å². The monoisotopic (exact) mass is 257 g/mol. The topological polar surface area (TPSA) is 29.1 Å². The number of benzene rings is 2. The van der Waals surface area contributed by atoms with Crippen LogP contribution in [0.1, 0.15) is 16.7 Å². The quantitative estimate of drug-likeness (QED) is 0.894. The van der Waals surface area contributed by atoms with Crippen molar-refractivity contribution in [2.45, 2.75) is 20.3 Å². The van der Waals surface area contributed by atoms with Crippen LogP contribution in [0.2, 0.25) is 0 Å². The van der Waals surface area contributed by atoms with Crippen LogP contribution in [-0.4, -0.2) is 5.91 Å². The molecule has 0 aromatic heterocycles. The average Bonchev–Trinajstić information content (AvgIpc) is 2.35. The summed E-state index contributed by atoms with van der Waals surface area (Å²) in [6, 6.07) is 11.9. The first kappa shape index (κ1) is 13.3. The van der Waals surface area contributed by atoms with E-state index in [1.165, 1.54) is 12.1 Å². The molecule has 0 aliphatic heterocycles. The van der Waals surface area contributed by atoms with Gasteiger partial charge < -0.3 is 5.32 Å². The Morgan fingerprint density at radius 2 is 1.89 bits per heavy atom. The zero-order valence-electron chi connectivity index (χ0n) is 11.0. The van der Waals surface area contributed by atoms with E-state index >= 15 is 0 Å². The number of hydrogen-bond acceptors (Lipinski definition) is 1. The van der Waals surface area contributed by atoms with Crippen LogP contribution in [0.25, 0.3) is 0 Å². The molecular weight excluding hydrogens is 241 g/mol. The Morgan fingerprint density at radius 3 is 2.63 bits per heavy atom. The van der Waals surface area contributed by atoms with Crippen LogP contribution in [0, 0.1) is 19.7 Å². The van der Waals surface area contributed by atoms with Crippen LogP contribution in [0.3, 0.4) is 0 Å². The number of carbonyl (C=O) groups is 1. The maximum Gasteiger partial charge on any atom is 0.228 e. The molecule has 1 N–H and O–H groups in total. The Labute approximate surface area is 112 Å². The van der Waals surface area contributed by atoms with E-state index in [4.69, 9.17) is 0 Å². The third-order valence-electron chi connectivity index (χ3n) is 3.13. The predicted molar refractivity (Wildman–Crippen MR) is 74.6 cm³/mol. The van der Waals surface area contributed by atoms with Gasteiger partial charge >= 0.3 is 0 Å². The Bertz CT molecular complexity index is 607. The molecular formula is C16H16FNO. The van der Waals surface area contributed by atoms with Gasteiger partial charge in [0.05, 0.1) is 6.42 Å². The second-order valence-corrected chi connectivity index (χ2v) is 4.60. The lowest BCUT2D eigenvalue weighted by Gasteiger charge is -2.10. The zero-order valence-corrected chi connectivity index (χ0v) is 11.0. The SMILES string of the molecule is Cc1cccc(NC(=O)Cc2cccc(F)c2)c1C. The van der Waals surface area contributed by atoms with Crippen molar-refractivity contribution in [3.63, 3.8) is 0 Å². The van der Waals surface area contributed by atoms with Crippen molar-refractivity contribution in [3.05, 3.63) is 65.0 Å². The Hall–Kier alpha value is -2.16. The van der Waals surface area contributed by atoms with Gasteiger partial charge in [0.2, 0.25) is 5.91 Å². The van der Waals surface area contributed by atoms with Gasteiger partial charge in [0.1, 0.15) is 5.82 Å². The van der Waals surface area contributed by atoms with Gasteiger partial charge in [-0.2, -0.15) is 0 Å². The molecule has 0 fully saturated rings. The van der Waals surface area contributed by atoms with Gasteiger partial charge in [-0.25, -0.2) is 4.39 Å². The Kier molecular flexibility index (Phi) is 3.95. The van der Waals surface area contributed by atoms with E-state index in [1.807, 2.05) is 32.0 Å². The molecule has 98 valence electrons. The van der Waals surface area contributed by atoms with E-state index in [1.54, 1.807) is 12.1 Å². The largest absolute Gasteiger partial charge is 0.326 e. The second-order valence-electron chi connectivity index (χ2n) is 4.60. The Morgan fingerprint density at radius 1 is 1.16 bits per heavy atom. The van der Waals surface area contributed by atoms with Gasteiger partial charge in [0.15, 0.2) is 0 Å². The Balaban J connectivity index is 2.08. The minimum absolute atomic E-state index is 0.140. The molecule has 19 heavy (non-hydrogen) atoms. The summed E-state index contributed by atoms with van der Waals surface area (Å²) in [6.07, 6.45) is 0.172. The highest BCUT2D eigenvalue weighted by Crippen LogP contribution is 2.18. The summed E-state index contributed by atoms with van der Waals surface area (Å²) >= 11 is 0. The van der Waals surface area contributed by atoms with E-state index in [0.29, 0.717) is 5.56 Å². The summed E-state index contributed by atoms with van der Waals surface area (Å²) in [5.41, 5.74) is 3.66. The molecule has 0 saturated heterocycles. The third-order valence-corrected chi connectivity index (χ3v) is 3.13. The van der Waals surface area contributed by atoms with E-state index in [-0.39, 0.29) is 18.1 Å². The van der Waals surface area contributed by atoms with Crippen LogP contribution >= 0.6 is 0 Å². The number of carbonyl (C=O) groups excluding carboxylic acids is 1. The number of hydrogen-bond donors (Lipinski definition) is 1. The lowest BCUT2D eigenvalue weighted by atomic mass is 10.1. The van der Waals surface area contributed by atoms with Crippen molar-refractivity contribution in [3.8, 4) is 0 Å². The summed E-state index contributed by atoms with van der Waals surface area (Å²) in [5.74, 6) is -0.462. The van der Waals surface area contributed by atoms with Gasteiger partial charge in [0.25, 0.3) is 0 Å². The number of halogens is 1. The fraction of sp³-hybridized carbons (Fsp3) is 0.188. The molecule has 1 amide bonds. The molecule has 0 spiro atoms. The molecule has 0 bridgehead atoms. The van der Waals surface area contributed by atoms with Crippen LogP contribution in [0.5, 0.6) is 0 Å². The molecule has 0 atom stereocenters. The summed E-state index contributed by atoms with van der Waals surface area (Å²) in [4.78, 5) is 11.9. The fourth-order valence-electron chi connectivity index (χ4n) is 1.91. The number of anilines is 1. The molecule has 2 rings (SSSR count). The van der Waals surface area contributed by atoms with Gasteiger partial charge in [-0.1, -0.05) is 24.3 Å². The van der Waals surface area contributed by atoms with Crippen LogP contribution in [0.15, 0.2) is 42.5 Å². The standard InChI is InChI=1S/C16H16FNO/c1-11-5-3-8-15(12(11)2)18-16(19)10-13-6-4-7-14(17)9-13/h3-9H,10H2,1-2H3,(H,18,19). The zero-order chi connectivity index (χ0) is 13.8. The van der Waals surface area contributed by atoms with Crippen molar-refractivity contribution in [2.75, 3.05) is 5.32 Å². The van der Waals surface area contributed by atoms with Crippen molar-refractivity contribution >= 4 is 11.6 Å². The van der Waals surface area contributed by atoms with Crippen molar-refractivity contribution in [2.24, 2.45) is 0 Å². The lowest BCUT2D eigenvalue weighted by molar-refractivity contribution is -0.115. The van der Waals surface area contributed by atoms with Gasteiger partial charge in [-0.15, -0.1) is 0 Å². The first-order valence-electron chi connectivity index (χ1n) is 6.17. The molecule has 0 aliphatic rings. The van der Waals surface area contributed by atoms with Crippen molar-refractivity contribution in [1.29, 1.82) is 0 Å². The smallest absolute Gasteiger partial charge is 0.228 e. The summed E-state index contributed by atoms with van der Waals surface area (Å²) in [7, 11) is 0. The second kappa shape index (κ2) is 5.65. The van der Waals surface area contributed by atoms with Crippen molar-refractivity contribution in [1.82, 2.24) is 0 Å². The normalized spacial score (nSPS) is 10.3. The summed E-state index contributed by atoms with van der Waals surface area (Å²) < 4.78 is 13.0. The molecule has 0 radical (unpaired) electrons. The van der Waals surface area contributed by atoms with Gasteiger partial charge in [0, 0.05) is 5.69 Å². The molecule has 2 nitrogen and oxygen atoms in total. The van der Waals surface area contributed by atoms with E-state index in [0.717, 1.165) is 16.8 Å². The molecule has 0 saturated carbocycles. The highest BCUT2D eigenvalue weighted by atomic mass is 19.1. The van der Waals surface area contributed by atoms with Gasteiger partial charge in [-0.3, -0.25) is 4.79 Å². The first-order valence-corrected chi connectivity index (χ1v) is 6.17. The first-order chi connectivity index (χ1) is 9.06. The van der Waals surface area contributed by atoms with E-state index < -0.39 is 0 Å². The van der Waals surface area contributed by atoms with Crippen LogP contribution in [0.4, 0.5) is 10.1 Å². The molecule has 2 aromatic rings. The van der Waals surface area contributed by atoms with Crippen LogP contribution < -0.4 is 5.32 Å². The minimum Gasteiger partial charge on any atom is -0.326 e. The highest BCUT2D eigenvalue weighted by molar-refractivity contribution is 5.93. The number of nitrogens with one attached hydrogen (secondary N) is 1. The fourth-order valence-corrected chi connectivity index (χ4v) is 1.91. The van der Waals surface area contributed by atoms with Crippen LogP contribution in [-0.2, 0) is 11.2 Å². The lowest BCUT2D eigenvalue weighted by Crippen LogP contribution is -2.15. The number of amides is 1. The number of rotatable bonds is 3.